The van der Waals surface area contributed by atoms with Gasteiger partial charge in [-0.05, 0) is 23.5 Å². The van der Waals surface area contributed by atoms with E-state index in [0.29, 0.717) is 13.1 Å². The van der Waals surface area contributed by atoms with Crippen molar-refractivity contribution in [3.63, 3.8) is 0 Å². The number of hydrogen-bond acceptors (Lipinski definition) is 3. The number of rotatable bonds is 9. The molecule has 0 aliphatic carbocycles. The molecule has 28 heavy (non-hydrogen) atoms. The highest BCUT2D eigenvalue weighted by Crippen LogP contribution is 2.08. The molecule has 2 amide bonds. The van der Waals surface area contributed by atoms with Crippen LogP contribution in [0.3, 0.4) is 0 Å². The quantitative estimate of drug-likeness (QED) is 0.676. The van der Waals surface area contributed by atoms with Crippen LogP contribution in [0, 0.1) is 5.92 Å². The number of nitrogens with zero attached hydrogens (tertiary/aromatic N) is 1. The lowest BCUT2D eigenvalue weighted by Gasteiger charge is -2.24. The van der Waals surface area contributed by atoms with Crippen LogP contribution in [0.15, 0.2) is 60.7 Å². The summed E-state index contributed by atoms with van der Waals surface area (Å²) in [6.07, 6.45) is 0.763. The molecule has 0 fully saturated rings. The van der Waals surface area contributed by atoms with Crippen LogP contribution in [0.5, 0.6) is 0 Å². The second-order valence-electron chi connectivity index (χ2n) is 7.02. The Labute approximate surface area is 173 Å². The van der Waals surface area contributed by atoms with Gasteiger partial charge in [0.15, 0.2) is 0 Å². The average Bonchev–Trinajstić information content (AvgIpc) is 2.69. The van der Waals surface area contributed by atoms with Gasteiger partial charge in [0.25, 0.3) is 0 Å². The fraction of sp³-hybridized carbons (Fsp3) is 0.364. The first-order chi connectivity index (χ1) is 13.0. The molecule has 3 N–H and O–H groups in total. The highest BCUT2D eigenvalue weighted by atomic mass is 35.5. The Bertz CT molecular complexity index is 723. The first-order valence-corrected chi connectivity index (χ1v) is 9.36. The zero-order valence-electron chi connectivity index (χ0n) is 16.5. The number of nitrogens with two attached hydrogens (primary N) is 1. The average molecular weight is 404 g/mol. The van der Waals surface area contributed by atoms with Crippen LogP contribution in [0.25, 0.3) is 0 Å². The molecule has 0 heterocycles. The minimum absolute atomic E-state index is 0. The number of hydrogen-bond donors (Lipinski definition) is 2. The smallest absolute Gasteiger partial charge is 0.242 e. The van der Waals surface area contributed by atoms with Crippen molar-refractivity contribution >= 4 is 24.2 Å². The van der Waals surface area contributed by atoms with Gasteiger partial charge in [-0.25, -0.2) is 0 Å². The van der Waals surface area contributed by atoms with Gasteiger partial charge < -0.3 is 16.0 Å². The van der Waals surface area contributed by atoms with Crippen molar-refractivity contribution < 1.29 is 9.59 Å². The standard InChI is InChI=1S/C22H29N3O2.ClH/c1-17(2)21(23)22(27)24-15-20(26)25(16-19-11-7-4-8-12-19)14-13-18-9-5-3-6-10-18;/h3-12,17,21H,13-16,23H2,1-2H3,(H,24,27);1H/t21-;/m0./s1. The van der Waals surface area contributed by atoms with Crippen LogP contribution < -0.4 is 11.1 Å². The van der Waals surface area contributed by atoms with Crippen molar-refractivity contribution in [3.05, 3.63) is 71.8 Å². The van der Waals surface area contributed by atoms with E-state index in [0.717, 1.165) is 12.0 Å². The van der Waals surface area contributed by atoms with Crippen LogP contribution in [-0.4, -0.2) is 35.8 Å². The molecule has 152 valence electrons. The molecule has 0 saturated carbocycles. The van der Waals surface area contributed by atoms with Crippen molar-refractivity contribution in [2.75, 3.05) is 13.1 Å². The Morgan fingerprint density at radius 2 is 1.50 bits per heavy atom. The molecule has 2 rings (SSSR count). The van der Waals surface area contributed by atoms with Gasteiger partial charge >= 0.3 is 0 Å². The number of carbonyl (C=O) groups is 2. The maximum absolute atomic E-state index is 12.7. The van der Waals surface area contributed by atoms with E-state index in [9.17, 15) is 9.59 Å². The molecule has 0 saturated heterocycles. The maximum atomic E-state index is 12.7. The first kappa shape index (κ1) is 23.7. The van der Waals surface area contributed by atoms with Gasteiger partial charge in [-0.1, -0.05) is 74.5 Å². The number of carbonyl (C=O) groups excluding carboxylic acids is 2. The van der Waals surface area contributed by atoms with Crippen molar-refractivity contribution in [2.45, 2.75) is 32.9 Å². The predicted molar refractivity (Wildman–Crippen MR) is 115 cm³/mol. The van der Waals surface area contributed by atoms with E-state index in [4.69, 9.17) is 5.73 Å². The molecule has 0 aromatic heterocycles. The first-order valence-electron chi connectivity index (χ1n) is 9.36. The van der Waals surface area contributed by atoms with Crippen molar-refractivity contribution in [2.24, 2.45) is 11.7 Å². The molecule has 5 nitrogen and oxygen atoms in total. The molecule has 0 aliphatic rings. The molecular weight excluding hydrogens is 374 g/mol. The van der Waals surface area contributed by atoms with Gasteiger partial charge in [-0.3, -0.25) is 9.59 Å². The topological polar surface area (TPSA) is 75.4 Å². The van der Waals surface area contributed by atoms with Gasteiger partial charge in [-0.2, -0.15) is 0 Å². The third-order valence-corrected chi connectivity index (χ3v) is 4.52. The van der Waals surface area contributed by atoms with E-state index < -0.39 is 6.04 Å². The third-order valence-electron chi connectivity index (χ3n) is 4.52. The van der Waals surface area contributed by atoms with Crippen molar-refractivity contribution in [1.82, 2.24) is 10.2 Å². The summed E-state index contributed by atoms with van der Waals surface area (Å²) in [6, 6.07) is 19.3. The second kappa shape index (κ2) is 12.2. The van der Waals surface area contributed by atoms with Gasteiger partial charge in [0.1, 0.15) is 0 Å². The van der Waals surface area contributed by atoms with Crippen LogP contribution in [-0.2, 0) is 22.6 Å². The Morgan fingerprint density at radius 1 is 0.964 bits per heavy atom. The summed E-state index contributed by atoms with van der Waals surface area (Å²) < 4.78 is 0. The molecule has 0 aliphatic heterocycles. The maximum Gasteiger partial charge on any atom is 0.242 e. The Morgan fingerprint density at radius 3 is 2.04 bits per heavy atom. The molecule has 0 unspecified atom stereocenters. The van der Waals surface area contributed by atoms with Crippen LogP contribution in [0.2, 0.25) is 0 Å². The van der Waals surface area contributed by atoms with Gasteiger partial charge in [0, 0.05) is 13.1 Å². The fourth-order valence-electron chi connectivity index (χ4n) is 2.70. The lowest BCUT2D eigenvalue weighted by atomic mass is 10.1. The molecule has 1 atom stereocenters. The summed E-state index contributed by atoms with van der Waals surface area (Å²) in [5.41, 5.74) is 8.08. The molecule has 0 radical (unpaired) electrons. The number of amides is 2. The van der Waals surface area contributed by atoms with Crippen molar-refractivity contribution in [1.29, 1.82) is 0 Å². The highest BCUT2D eigenvalue weighted by Gasteiger charge is 2.20. The zero-order chi connectivity index (χ0) is 19.6. The van der Waals surface area contributed by atoms with E-state index >= 15 is 0 Å². The minimum atomic E-state index is -0.607. The van der Waals surface area contributed by atoms with Crippen LogP contribution >= 0.6 is 12.4 Å². The van der Waals surface area contributed by atoms with E-state index in [-0.39, 0.29) is 36.7 Å². The lowest BCUT2D eigenvalue weighted by Crippen LogP contribution is -2.48. The van der Waals surface area contributed by atoms with Gasteiger partial charge in [0.2, 0.25) is 11.8 Å². The Kier molecular flexibility index (Phi) is 10.3. The molecular formula is C22H30ClN3O2. The summed E-state index contributed by atoms with van der Waals surface area (Å²) in [5.74, 6) is -0.376. The monoisotopic (exact) mass is 403 g/mol. The van der Waals surface area contributed by atoms with Crippen molar-refractivity contribution in [3.8, 4) is 0 Å². The molecule has 2 aromatic rings. The molecule has 2 aromatic carbocycles. The summed E-state index contributed by atoms with van der Waals surface area (Å²) >= 11 is 0. The van der Waals surface area contributed by atoms with Crippen LogP contribution in [0.1, 0.15) is 25.0 Å². The lowest BCUT2D eigenvalue weighted by molar-refractivity contribution is -0.133. The van der Waals surface area contributed by atoms with Crippen LogP contribution in [0.4, 0.5) is 0 Å². The van der Waals surface area contributed by atoms with E-state index in [1.165, 1.54) is 5.56 Å². The molecule has 0 spiro atoms. The van der Waals surface area contributed by atoms with E-state index in [2.05, 4.69) is 17.4 Å². The number of benzene rings is 2. The summed E-state index contributed by atoms with van der Waals surface area (Å²) in [5, 5.41) is 2.67. The molecule has 6 heteroatoms. The summed E-state index contributed by atoms with van der Waals surface area (Å²) in [4.78, 5) is 26.6. The SMILES string of the molecule is CC(C)[C@H](N)C(=O)NCC(=O)N(CCc1ccccc1)Cc1ccccc1.Cl. The minimum Gasteiger partial charge on any atom is -0.346 e. The fourth-order valence-corrected chi connectivity index (χ4v) is 2.70. The predicted octanol–water partition coefficient (Wildman–Crippen LogP) is 2.78. The largest absolute Gasteiger partial charge is 0.346 e. The molecule has 0 bridgehead atoms. The Balaban J connectivity index is 0.00000392. The van der Waals surface area contributed by atoms with Gasteiger partial charge in [-0.15, -0.1) is 12.4 Å². The zero-order valence-corrected chi connectivity index (χ0v) is 17.3. The summed E-state index contributed by atoms with van der Waals surface area (Å²) in [6.45, 7) is 4.82. The van der Waals surface area contributed by atoms with E-state index in [1.54, 1.807) is 4.90 Å². The highest BCUT2D eigenvalue weighted by molar-refractivity contribution is 5.87. The van der Waals surface area contributed by atoms with E-state index in [1.807, 2.05) is 62.4 Å². The Hall–Kier alpha value is -2.37. The third kappa shape index (κ3) is 7.71. The summed E-state index contributed by atoms with van der Waals surface area (Å²) in [7, 11) is 0. The normalized spacial score (nSPS) is 11.4. The number of nitrogens with one attached hydrogen (secondary N) is 1. The number of halogens is 1. The van der Waals surface area contributed by atoms with Gasteiger partial charge in [0.05, 0.1) is 12.6 Å². The second-order valence-corrected chi connectivity index (χ2v) is 7.02.